The number of benzene rings is 1. The molecular weight excluding hydrogens is 319 g/mol. The van der Waals surface area contributed by atoms with Crippen molar-refractivity contribution < 1.29 is 9.50 Å². The maximum absolute atomic E-state index is 14.4. The average molecular weight is 344 g/mol. The number of likely N-dealkylation sites (tertiary alicyclic amines) is 1. The van der Waals surface area contributed by atoms with Gasteiger partial charge in [0.2, 0.25) is 0 Å². The number of nitrogens with zero attached hydrogens (tertiary/aromatic N) is 3. The minimum absolute atomic E-state index is 0.0448. The van der Waals surface area contributed by atoms with Crippen LogP contribution in [0, 0.1) is 11.7 Å². The summed E-state index contributed by atoms with van der Waals surface area (Å²) < 4.78 is 14.4. The molecule has 2 aromatic rings. The molecule has 2 N–H and O–H groups in total. The predicted molar refractivity (Wildman–Crippen MR) is 95.7 cm³/mol. The number of aryl methyl sites for hydroxylation is 1. The fourth-order valence-corrected chi connectivity index (χ4v) is 3.36. The molecule has 1 saturated heterocycles. The molecule has 6 heteroatoms. The van der Waals surface area contributed by atoms with Gasteiger partial charge in [-0.3, -0.25) is 4.90 Å². The third-order valence-electron chi connectivity index (χ3n) is 4.84. The van der Waals surface area contributed by atoms with Gasteiger partial charge in [0, 0.05) is 31.7 Å². The van der Waals surface area contributed by atoms with E-state index in [1.54, 1.807) is 0 Å². The first-order valence-electron chi connectivity index (χ1n) is 8.84. The summed E-state index contributed by atoms with van der Waals surface area (Å²) >= 11 is 0. The molecule has 1 fully saturated rings. The zero-order chi connectivity index (χ0) is 17.6. The van der Waals surface area contributed by atoms with Gasteiger partial charge in [-0.2, -0.15) is 0 Å². The quantitative estimate of drug-likeness (QED) is 0.843. The zero-order valence-electron chi connectivity index (χ0n) is 14.5. The van der Waals surface area contributed by atoms with Crippen LogP contribution in [-0.4, -0.2) is 45.7 Å². The van der Waals surface area contributed by atoms with Crippen LogP contribution >= 0.6 is 0 Å². The molecule has 0 amide bonds. The summed E-state index contributed by atoms with van der Waals surface area (Å²) in [6.45, 7) is 4.47. The molecule has 1 aliphatic heterocycles. The lowest BCUT2D eigenvalue weighted by Crippen LogP contribution is -2.48. The van der Waals surface area contributed by atoms with Crippen LogP contribution in [0.2, 0.25) is 0 Å². The van der Waals surface area contributed by atoms with Gasteiger partial charge in [0.05, 0.1) is 5.69 Å². The molecule has 0 bridgehead atoms. The van der Waals surface area contributed by atoms with E-state index in [1.165, 1.54) is 11.9 Å². The third-order valence-corrected chi connectivity index (χ3v) is 4.84. The summed E-state index contributed by atoms with van der Waals surface area (Å²) in [5.74, 6) is -0.0646. The number of halogens is 1. The molecule has 1 aliphatic rings. The van der Waals surface area contributed by atoms with Crippen LogP contribution in [0.3, 0.4) is 0 Å². The number of rotatable bonds is 6. The van der Waals surface area contributed by atoms with E-state index in [2.05, 4.69) is 32.3 Å². The first-order valence-corrected chi connectivity index (χ1v) is 8.84. The average Bonchev–Trinajstić information content (AvgIpc) is 2.64. The second kappa shape index (κ2) is 8.36. The van der Waals surface area contributed by atoms with E-state index in [9.17, 15) is 9.50 Å². The summed E-state index contributed by atoms with van der Waals surface area (Å²) in [5, 5.41) is 12.9. The van der Waals surface area contributed by atoms with E-state index in [1.807, 2.05) is 25.1 Å². The Kier molecular flexibility index (Phi) is 5.94. The second-order valence-corrected chi connectivity index (χ2v) is 6.54. The fraction of sp³-hybridized carbons (Fsp3) is 0.474. The number of aromatic nitrogens is 2. The van der Waals surface area contributed by atoms with Crippen molar-refractivity contribution in [1.82, 2.24) is 14.9 Å². The normalized spacial score (nSPS) is 21.2. The lowest BCUT2D eigenvalue weighted by molar-refractivity contribution is 0.114. The van der Waals surface area contributed by atoms with Crippen molar-refractivity contribution in [1.29, 1.82) is 0 Å². The maximum atomic E-state index is 14.4. The van der Waals surface area contributed by atoms with Crippen LogP contribution in [0.15, 0.2) is 36.7 Å². The first kappa shape index (κ1) is 17.8. The molecule has 0 spiro atoms. The minimum atomic E-state index is -0.387. The number of aliphatic hydroxyl groups excluding tert-OH is 1. The molecule has 3 rings (SSSR count). The number of piperidine rings is 1. The molecule has 2 heterocycles. The van der Waals surface area contributed by atoms with Crippen LogP contribution in [0.5, 0.6) is 0 Å². The maximum Gasteiger partial charge on any atom is 0.186 e. The Morgan fingerprint density at radius 3 is 2.80 bits per heavy atom. The molecule has 0 radical (unpaired) electrons. The highest BCUT2D eigenvalue weighted by atomic mass is 19.1. The summed E-state index contributed by atoms with van der Waals surface area (Å²) in [5.41, 5.74) is 1.67. The Morgan fingerprint density at radius 2 is 2.08 bits per heavy atom. The van der Waals surface area contributed by atoms with Gasteiger partial charge in [0.1, 0.15) is 6.33 Å². The minimum Gasteiger partial charge on any atom is -0.396 e. The topological polar surface area (TPSA) is 61.3 Å². The van der Waals surface area contributed by atoms with Gasteiger partial charge in [-0.15, -0.1) is 0 Å². The molecule has 25 heavy (non-hydrogen) atoms. The lowest BCUT2D eigenvalue weighted by Gasteiger charge is -2.38. The van der Waals surface area contributed by atoms with E-state index in [0.717, 1.165) is 26.1 Å². The predicted octanol–water partition coefficient (Wildman–Crippen LogP) is 2.47. The number of anilines is 1. The zero-order valence-corrected chi connectivity index (χ0v) is 14.5. The van der Waals surface area contributed by atoms with E-state index in [0.29, 0.717) is 12.1 Å². The highest BCUT2D eigenvalue weighted by Gasteiger charge is 2.30. The first-order chi connectivity index (χ1) is 12.2. The number of hydrogen-bond acceptors (Lipinski definition) is 5. The van der Waals surface area contributed by atoms with Crippen molar-refractivity contribution in [2.45, 2.75) is 32.4 Å². The Labute approximate surface area is 147 Å². The van der Waals surface area contributed by atoms with Crippen LogP contribution in [0.1, 0.15) is 24.6 Å². The molecule has 5 nitrogen and oxygen atoms in total. The Morgan fingerprint density at radius 1 is 1.28 bits per heavy atom. The summed E-state index contributed by atoms with van der Waals surface area (Å²) in [4.78, 5) is 10.4. The lowest BCUT2D eigenvalue weighted by atomic mass is 9.92. The van der Waals surface area contributed by atoms with Gasteiger partial charge >= 0.3 is 0 Å². The molecule has 0 saturated carbocycles. The van der Waals surface area contributed by atoms with Gasteiger partial charge in [0.25, 0.3) is 0 Å². The second-order valence-electron chi connectivity index (χ2n) is 6.54. The summed E-state index contributed by atoms with van der Waals surface area (Å²) in [6, 6.07) is 10.3. The van der Waals surface area contributed by atoms with Gasteiger partial charge in [-0.25, -0.2) is 14.4 Å². The fourth-order valence-electron chi connectivity index (χ4n) is 3.36. The van der Waals surface area contributed by atoms with Gasteiger partial charge in [-0.05, 0) is 24.9 Å². The molecular formula is C19H25FN4O. The van der Waals surface area contributed by atoms with Crippen LogP contribution in [0.25, 0.3) is 0 Å². The van der Waals surface area contributed by atoms with E-state index < -0.39 is 0 Å². The van der Waals surface area contributed by atoms with Crippen LogP contribution < -0.4 is 5.32 Å². The largest absolute Gasteiger partial charge is 0.396 e. The molecule has 1 aromatic carbocycles. The van der Waals surface area contributed by atoms with E-state index in [-0.39, 0.29) is 30.2 Å². The number of aliphatic hydroxyl groups is 1. The molecule has 1 aromatic heterocycles. The van der Waals surface area contributed by atoms with Crippen molar-refractivity contribution >= 4 is 5.82 Å². The van der Waals surface area contributed by atoms with Crippen molar-refractivity contribution in [2.24, 2.45) is 5.92 Å². The molecule has 2 atom stereocenters. The molecule has 2 unspecified atom stereocenters. The number of nitrogens with one attached hydrogen (secondary N) is 1. The Hall–Kier alpha value is -2.05. The highest BCUT2D eigenvalue weighted by Crippen LogP contribution is 2.23. The van der Waals surface area contributed by atoms with Crippen molar-refractivity contribution in [3.8, 4) is 0 Å². The Bertz CT molecular complexity index is 682. The van der Waals surface area contributed by atoms with Crippen LogP contribution in [0.4, 0.5) is 10.2 Å². The van der Waals surface area contributed by atoms with Crippen molar-refractivity contribution in [2.75, 3.05) is 25.0 Å². The third kappa shape index (κ3) is 4.32. The highest BCUT2D eigenvalue weighted by molar-refractivity contribution is 5.39. The number of hydrogen-bond donors (Lipinski definition) is 2. The summed E-state index contributed by atoms with van der Waals surface area (Å²) in [6.07, 6.45) is 2.79. The monoisotopic (exact) mass is 344 g/mol. The Balaban J connectivity index is 1.71. The molecule has 134 valence electrons. The van der Waals surface area contributed by atoms with Crippen molar-refractivity contribution in [3.05, 3.63) is 53.7 Å². The van der Waals surface area contributed by atoms with Gasteiger partial charge < -0.3 is 10.4 Å². The van der Waals surface area contributed by atoms with Crippen molar-refractivity contribution in [3.63, 3.8) is 0 Å². The standard InChI is InChI=1S/C19H25FN4O/c1-2-16-18(20)19(22-13-21-16)23-17-11-24(9-8-15(17)12-25)10-14-6-4-3-5-7-14/h3-7,13,15,17,25H,2,8-12H2,1H3,(H,21,22,23). The van der Waals surface area contributed by atoms with Gasteiger partial charge in [0.15, 0.2) is 11.6 Å². The summed E-state index contributed by atoms with van der Waals surface area (Å²) in [7, 11) is 0. The van der Waals surface area contributed by atoms with Gasteiger partial charge in [-0.1, -0.05) is 37.3 Å². The van der Waals surface area contributed by atoms with Crippen LogP contribution in [-0.2, 0) is 13.0 Å². The van der Waals surface area contributed by atoms with E-state index in [4.69, 9.17) is 0 Å². The SMILES string of the molecule is CCc1ncnc(NC2CN(Cc3ccccc3)CCC2CO)c1F. The van der Waals surface area contributed by atoms with E-state index >= 15 is 0 Å². The molecule has 0 aliphatic carbocycles. The smallest absolute Gasteiger partial charge is 0.186 e.